The predicted molar refractivity (Wildman–Crippen MR) is 78.0 cm³/mol. The average Bonchev–Trinajstić information content (AvgIpc) is 2.39. The Kier molecular flexibility index (Phi) is 4.24. The lowest BCUT2D eigenvalue weighted by atomic mass is 9.92. The van der Waals surface area contributed by atoms with Crippen molar-refractivity contribution in [2.75, 3.05) is 6.16 Å². The van der Waals surface area contributed by atoms with Gasteiger partial charge < -0.3 is 0 Å². The first-order valence-electron chi connectivity index (χ1n) is 5.78. The van der Waals surface area contributed by atoms with Gasteiger partial charge in [0.1, 0.15) is 4.87 Å². The highest BCUT2D eigenvalue weighted by Crippen LogP contribution is 2.54. The summed E-state index contributed by atoms with van der Waals surface area (Å²) in [6.45, 7) is 0. The van der Waals surface area contributed by atoms with Crippen molar-refractivity contribution in [3.05, 3.63) is 71.8 Å². The molecule has 0 saturated heterocycles. The lowest BCUT2D eigenvalue weighted by molar-refractivity contribution is 0.326. The second-order valence-corrected chi connectivity index (χ2v) is 6.73. The highest BCUT2D eigenvalue weighted by atomic mass is 35.5. The molecule has 19 heavy (non-hydrogen) atoms. The summed E-state index contributed by atoms with van der Waals surface area (Å²) in [7, 11) is -4.00. The number of hydrogen-bond acceptors (Lipinski definition) is 3. The molecule has 3 nitrogen and oxygen atoms in total. The van der Waals surface area contributed by atoms with Crippen LogP contribution in [0.4, 0.5) is 0 Å². The average molecular weight is 298 g/mol. The molecular formula is C14H15ClO3P+. The Morgan fingerprint density at radius 2 is 1.16 bits per heavy atom. The summed E-state index contributed by atoms with van der Waals surface area (Å²) in [4.78, 5) is 27.1. The molecule has 100 valence electrons. The van der Waals surface area contributed by atoms with E-state index in [4.69, 9.17) is 11.6 Å². The van der Waals surface area contributed by atoms with Crippen LogP contribution in [0, 0.1) is 0 Å². The molecule has 0 spiro atoms. The number of benzene rings is 2. The maximum atomic E-state index is 9.41. The fraction of sp³-hybridized carbons (Fsp3) is 0.143. The van der Waals surface area contributed by atoms with Crippen LogP contribution in [0.5, 0.6) is 0 Å². The molecule has 3 N–H and O–H groups in total. The maximum Gasteiger partial charge on any atom is 0.406 e. The van der Waals surface area contributed by atoms with Gasteiger partial charge in [0.2, 0.25) is 0 Å². The van der Waals surface area contributed by atoms with Crippen LogP contribution in [-0.2, 0) is 4.87 Å². The Hall–Kier alpha value is -0.960. The van der Waals surface area contributed by atoms with Gasteiger partial charge in [-0.2, -0.15) is 14.7 Å². The van der Waals surface area contributed by atoms with Gasteiger partial charge in [0.15, 0.2) is 6.16 Å². The Labute approximate surface area is 117 Å². The van der Waals surface area contributed by atoms with Crippen molar-refractivity contribution >= 4 is 19.5 Å². The van der Waals surface area contributed by atoms with E-state index in [0.29, 0.717) is 11.1 Å². The van der Waals surface area contributed by atoms with Gasteiger partial charge in [-0.1, -0.05) is 60.7 Å². The standard InChI is InChI=1S/C14H15ClO3P/c15-14(11-19(16,17)18,12-7-3-1-4-8-12)13-9-5-2-6-10-13/h1-10,16-18H,11H2/q+1. The van der Waals surface area contributed by atoms with Crippen molar-refractivity contribution in [2.24, 2.45) is 0 Å². The Balaban J connectivity index is 2.51. The van der Waals surface area contributed by atoms with Crippen LogP contribution in [-0.4, -0.2) is 20.8 Å². The SMILES string of the molecule is O[P+](O)(O)CC(Cl)(c1ccccc1)c1ccccc1. The van der Waals surface area contributed by atoms with E-state index in [1.165, 1.54) is 0 Å². The van der Waals surface area contributed by atoms with Crippen LogP contribution in [0.25, 0.3) is 0 Å². The fourth-order valence-corrected chi connectivity index (χ4v) is 3.73. The van der Waals surface area contributed by atoms with Gasteiger partial charge >= 0.3 is 7.94 Å². The van der Waals surface area contributed by atoms with E-state index < -0.39 is 12.8 Å². The molecule has 5 heteroatoms. The van der Waals surface area contributed by atoms with Crippen molar-refractivity contribution in [1.29, 1.82) is 0 Å². The zero-order chi connectivity index (χ0) is 13.9. The van der Waals surface area contributed by atoms with Gasteiger partial charge in [-0.25, -0.2) is 0 Å². The van der Waals surface area contributed by atoms with Crippen molar-refractivity contribution < 1.29 is 14.7 Å². The summed E-state index contributed by atoms with van der Waals surface area (Å²) in [6, 6.07) is 18.2. The third-order valence-electron chi connectivity index (χ3n) is 2.89. The Morgan fingerprint density at radius 1 is 0.789 bits per heavy atom. The van der Waals surface area contributed by atoms with Gasteiger partial charge in [0, 0.05) is 0 Å². The van der Waals surface area contributed by atoms with E-state index in [1.54, 1.807) is 24.3 Å². The largest absolute Gasteiger partial charge is 0.406 e. The quantitative estimate of drug-likeness (QED) is 0.601. The van der Waals surface area contributed by atoms with Crippen molar-refractivity contribution in [3.63, 3.8) is 0 Å². The molecule has 2 rings (SSSR count). The molecule has 0 unspecified atom stereocenters. The zero-order valence-corrected chi connectivity index (χ0v) is 11.8. The summed E-state index contributed by atoms with van der Waals surface area (Å²) in [6.07, 6.45) is -0.324. The monoisotopic (exact) mass is 297 g/mol. The van der Waals surface area contributed by atoms with E-state index in [2.05, 4.69) is 0 Å². The van der Waals surface area contributed by atoms with E-state index in [1.807, 2.05) is 36.4 Å². The molecule has 0 aliphatic rings. The highest BCUT2D eigenvalue weighted by molar-refractivity contribution is 7.58. The van der Waals surface area contributed by atoms with E-state index in [0.717, 1.165) is 0 Å². The summed E-state index contributed by atoms with van der Waals surface area (Å²) >= 11 is 6.62. The van der Waals surface area contributed by atoms with Crippen LogP contribution in [0.15, 0.2) is 60.7 Å². The zero-order valence-electron chi connectivity index (χ0n) is 10.1. The van der Waals surface area contributed by atoms with Crippen LogP contribution in [0.2, 0.25) is 0 Å². The number of alkyl halides is 1. The third kappa shape index (κ3) is 3.53. The maximum absolute atomic E-state index is 9.41. The van der Waals surface area contributed by atoms with Crippen LogP contribution < -0.4 is 0 Å². The minimum Gasteiger partial charge on any atom is -0.193 e. The predicted octanol–water partition coefficient (Wildman–Crippen LogP) is 2.91. The van der Waals surface area contributed by atoms with Crippen molar-refractivity contribution in [2.45, 2.75) is 4.87 Å². The van der Waals surface area contributed by atoms with Gasteiger partial charge in [0.05, 0.1) is 0 Å². The second kappa shape index (κ2) is 5.58. The molecule has 0 fully saturated rings. The van der Waals surface area contributed by atoms with Gasteiger partial charge in [-0.05, 0) is 11.1 Å². The summed E-state index contributed by atoms with van der Waals surface area (Å²) in [5, 5.41) is 0. The molecule has 0 heterocycles. The van der Waals surface area contributed by atoms with E-state index >= 15 is 0 Å². The smallest absolute Gasteiger partial charge is 0.193 e. The normalized spacial score (nSPS) is 12.4. The van der Waals surface area contributed by atoms with E-state index in [-0.39, 0.29) is 6.16 Å². The molecule has 2 aromatic rings. The molecule has 0 aliphatic heterocycles. The van der Waals surface area contributed by atoms with Crippen LogP contribution in [0.1, 0.15) is 11.1 Å². The Bertz CT molecular complexity index is 486. The third-order valence-corrected chi connectivity index (χ3v) is 4.55. The molecule has 0 atom stereocenters. The minimum atomic E-state index is -4.00. The number of rotatable bonds is 4. The molecule has 2 aromatic carbocycles. The molecule has 0 amide bonds. The fourth-order valence-electron chi connectivity index (χ4n) is 2.05. The van der Waals surface area contributed by atoms with Crippen molar-refractivity contribution in [3.8, 4) is 0 Å². The van der Waals surface area contributed by atoms with Gasteiger partial charge in [-0.3, -0.25) is 0 Å². The summed E-state index contributed by atoms with van der Waals surface area (Å²) in [5.41, 5.74) is 1.42. The van der Waals surface area contributed by atoms with Crippen LogP contribution >= 0.6 is 19.5 Å². The second-order valence-electron chi connectivity index (χ2n) is 4.38. The lowest BCUT2D eigenvalue weighted by Gasteiger charge is -2.27. The molecule has 0 aromatic heterocycles. The topological polar surface area (TPSA) is 60.7 Å². The first-order chi connectivity index (χ1) is 8.92. The number of halogens is 1. The minimum absolute atomic E-state index is 0.324. The summed E-state index contributed by atoms with van der Waals surface area (Å²) < 4.78 is 0. The molecule has 0 radical (unpaired) electrons. The van der Waals surface area contributed by atoms with Gasteiger partial charge in [0.25, 0.3) is 0 Å². The molecule has 0 bridgehead atoms. The Morgan fingerprint density at radius 3 is 1.47 bits per heavy atom. The molecule has 0 aliphatic carbocycles. The lowest BCUT2D eigenvalue weighted by Crippen LogP contribution is -2.26. The molecule has 0 saturated carbocycles. The van der Waals surface area contributed by atoms with Crippen molar-refractivity contribution in [1.82, 2.24) is 0 Å². The first-order valence-corrected chi connectivity index (χ1v) is 7.99. The van der Waals surface area contributed by atoms with E-state index in [9.17, 15) is 14.7 Å². The summed E-state index contributed by atoms with van der Waals surface area (Å²) in [5.74, 6) is 0. The number of hydrogen-bond donors (Lipinski definition) is 3. The first kappa shape index (κ1) is 14.4. The highest BCUT2D eigenvalue weighted by Gasteiger charge is 2.46. The van der Waals surface area contributed by atoms with Crippen LogP contribution in [0.3, 0.4) is 0 Å². The molecular weight excluding hydrogens is 283 g/mol. The van der Waals surface area contributed by atoms with Gasteiger partial charge in [-0.15, -0.1) is 11.6 Å².